The molecule has 96 valence electrons. The van der Waals surface area contributed by atoms with E-state index in [0.29, 0.717) is 23.7 Å². The van der Waals surface area contributed by atoms with Crippen LogP contribution in [0.2, 0.25) is 0 Å². The van der Waals surface area contributed by atoms with Crippen molar-refractivity contribution in [3.63, 3.8) is 0 Å². The highest BCUT2D eigenvalue weighted by molar-refractivity contribution is 5.53. The van der Waals surface area contributed by atoms with Gasteiger partial charge in [0, 0.05) is 6.04 Å². The summed E-state index contributed by atoms with van der Waals surface area (Å²) in [5.41, 5.74) is 5.89. The van der Waals surface area contributed by atoms with E-state index in [-0.39, 0.29) is 18.1 Å². The summed E-state index contributed by atoms with van der Waals surface area (Å²) in [6.07, 6.45) is 3.68. The maximum Gasteiger partial charge on any atom is 0.222 e. The molecule has 0 radical (unpaired) electrons. The van der Waals surface area contributed by atoms with Crippen LogP contribution < -0.4 is 11.1 Å². The van der Waals surface area contributed by atoms with Crippen molar-refractivity contribution < 1.29 is 5.11 Å². The van der Waals surface area contributed by atoms with Crippen LogP contribution in [0.1, 0.15) is 31.7 Å². The van der Waals surface area contributed by atoms with Crippen LogP contribution in [0.4, 0.5) is 11.8 Å². The Morgan fingerprint density at radius 3 is 3.00 bits per heavy atom. The number of aliphatic hydroxyl groups is 1. The second kappa shape index (κ2) is 5.19. The molecule has 18 heavy (non-hydrogen) atoms. The molecule has 1 heterocycles. The topological polar surface area (TPSA) is 108 Å². The molecule has 2 rings (SSSR count). The third-order valence-corrected chi connectivity index (χ3v) is 3.42. The van der Waals surface area contributed by atoms with Gasteiger partial charge >= 0.3 is 0 Å². The Labute approximate surface area is 106 Å². The van der Waals surface area contributed by atoms with Gasteiger partial charge in [-0.25, -0.2) is 4.98 Å². The molecule has 0 amide bonds. The van der Waals surface area contributed by atoms with Crippen molar-refractivity contribution in [2.75, 3.05) is 11.1 Å². The second-order valence-corrected chi connectivity index (χ2v) is 4.80. The lowest BCUT2D eigenvalue weighted by Gasteiger charge is -2.31. The number of hydrogen-bond donors (Lipinski definition) is 3. The SMILES string of the molecule is C[C@@H]1CC[C@@H](Nc2nc(N)ncc2C#N)C[C@H]1O. The predicted octanol–water partition coefficient (Wildman–Crippen LogP) is 0.892. The molecule has 1 aliphatic rings. The number of anilines is 2. The Morgan fingerprint density at radius 1 is 1.56 bits per heavy atom. The standard InChI is InChI=1S/C12H17N5O/c1-7-2-3-9(4-10(7)18)16-11-8(5-13)6-15-12(14)17-11/h6-7,9-10,18H,2-4H2,1H3,(H3,14,15,16,17)/t7-,9-,10-/m1/s1. The van der Waals surface area contributed by atoms with Gasteiger partial charge in [0.05, 0.1) is 12.3 Å². The molecule has 6 heteroatoms. The molecule has 1 fully saturated rings. The average molecular weight is 247 g/mol. The summed E-state index contributed by atoms with van der Waals surface area (Å²) in [6, 6.07) is 2.15. The molecular formula is C12H17N5O. The number of nitrogens with two attached hydrogens (primary N) is 1. The molecular weight excluding hydrogens is 230 g/mol. The van der Waals surface area contributed by atoms with E-state index < -0.39 is 0 Å². The predicted molar refractivity (Wildman–Crippen MR) is 67.6 cm³/mol. The van der Waals surface area contributed by atoms with Crippen molar-refractivity contribution in [3.05, 3.63) is 11.8 Å². The van der Waals surface area contributed by atoms with E-state index in [1.54, 1.807) is 0 Å². The summed E-state index contributed by atoms with van der Waals surface area (Å²) >= 11 is 0. The number of rotatable bonds is 2. The van der Waals surface area contributed by atoms with Gasteiger partial charge in [-0.1, -0.05) is 6.92 Å². The van der Waals surface area contributed by atoms with Crippen LogP contribution >= 0.6 is 0 Å². The van der Waals surface area contributed by atoms with Gasteiger partial charge in [-0.2, -0.15) is 10.2 Å². The number of nitriles is 1. The lowest BCUT2D eigenvalue weighted by atomic mass is 9.85. The zero-order chi connectivity index (χ0) is 13.1. The summed E-state index contributed by atoms with van der Waals surface area (Å²) in [7, 11) is 0. The third kappa shape index (κ3) is 2.68. The van der Waals surface area contributed by atoms with E-state index in [1.807, 2.05) is 13.0 Å². The van der Waals surface area contributed by atoms with Crippen LogP contribution in [0, 0.1) is 17.2 Å². The number of nitrogens with one attached hydrogen (secondary N) is 1. The largest absolute Gasteiger partial charge is 0.393 e. The normalized spacial score (nSPS) is 27.5. The Morgan fingerprint density at radius 2 is 2.33 bits per heavy atom. The number of aliphatic hydroxyl groups excluding tert-OH is 1. The molecule has 0 unspecified atom stereocenters. The monoisotopic (exact) mass is 247 g/mol. The van der Waals surface area contributed by atoms with E-state index in [9.17, 15) is 5.11 Å². The second-order valence-electron chi connectivity index (χ2n) is 4.80. The molecule has 1 saturated carbocycles. The highest BCUT2D eigenvalue weighted by atomic mass is 16.3. The van der Waals surface area contributed by atoms with Gasteiger partial charge in [-0.15, -0.1) is 0 Å². The Kier molecular flexibility index (Phi) is 3.63. The molecule has 0 saturated heterocycles. The van der Waals surface area contributed by atoms with Crippen LogP contribution in [0.5, 0.6) is 0 Å². The first kappa shape index (κ1) is 12.6. The zero-order valence-electron chi connectivity index (χ0n) is 10.3. The highest BCUT2D eigenvalue weighted by Crippen LogP contribution is 2.27. The number of nitrogens with zero attached hydrogens (tertiary/aromatic N) is 3. The Bertz CT molecular complexity index is 470. The summed E-state index contributed by atoms with van der Waals surface area (Å²) in [6.45, 7) is 2.05. The molecule has 1 aliphatic carbocycles. The minimum atomic E-state index is -0.305. The van der Waals surface area contributed by atoms with Crippen LogP contribution in [-0.4, -0.2) is 27.2 Å². The average Bonchev–Trinajstić information content (AvgIpc) is 2.34. The molecule has 0 bridgehead atoms. The van der Waals surface area contributed by atoms with Crippen LogP contribution in [0.3, 0.4) is 0 Å². The number of nitrogen functional groups attached to an aromatic ring is 1. The van der Waals surface area contributed by atoms with E-state index >= 15 is 0 Å². The molecule has 3 atom stereocenters. The smallest absolute Gasteiger partial charge is 0.222 e. The van der Waals surface area contributed by atoms with Gasteiger partial charge in [-0.3, -0.25) is 0 Å². The quantitative estimate of drug-likeness (QED) is 0.716. The summed E-state index contributed by atoms with van der Waals surface area (Å²) in [4.78, 5) is 7.82. The van der Waals surface area contributed by atoms with Crippen LogP contribution in [-0.2, 0) is 0 Å². The fourth-order valence-corrected chi connectivity index (χ4v) is 2.21. The van der Waals surface area contributed by atoms with E-state index in [4.69, 9.17) is 11.0 Å². The zero-order valence-corrected chi connectivity index (χ0v) is 10.3. The first-order valence-corrected chi connectivity index (χ1v) is 6.07. The molecule has 6 nitrogen and oxygen atoms in total. The van der Waals surface area contributed by atoms with Crippen molar-refractivity contribution >= 4 is 11.8 Å². The first-order chi connectivity index (χ1) is 8.60. The van der Waals surface area contributed by atoms with Crippen molar-refractivity contribution in [2.24, 2.45) is 5.92 Å². The van der Waals surface area contributed by atoms with Gasteiger partial charge in [0.1, 0.15) is 17.5 Å². The van der Waals surface area contributed by atoms with Crippen molar-refractivity contribution in [3.8, 4) is 6.07 Å². The lowest BCUT2D eigenvalue weighted by Crippen LogP contribution is -2.35. The van der Waals surface area contributed by atoms with Crippen molar-refractivity contribution in [1.29, 1.82) is 5.26 Å². The van der Waals surface area contributed by atoms with Crippen LogP contribution in [0.15, 0.2) is 6.20 Å². The molecule has 0 aliphatic heterocycles. The highest BCUT2D eigenvalue weighted by Gasteiger charge is 2.26. The van der Waals surface area contributed by atoms with Crippen molar-refractivity contribution in [2.45, 2.75) is 38.3 Å². The molecule has 0 spiro atoms. The maximum absolute atomic E-state index is 9.84. The number of aromatic nitrogens is 2. The van der Waals surface area contributed by atoms with Gasteiger partial charge in [0.15, 0.2) is 0 Å². The molecule has 0 aromatic carbocycles. The Hall–Kier alpha value is -1.87. The first-order valence-electron chi connectivity index (χ1n) is 6.07. The van der Waals surface area contributed by atoms with Gasteiger partial charge in [0.25, 0.3) is 0 Å². The summed E-state index contributed by atoms with van der Waals surface area (Å²) in [5.74, 6) is 0.923. The minimum absolute atomic E-state index is 0.123. The van der Waals surface area contributed by atoms with Gasteiger partial charge < -0.3 is 16.2 Å². The molecule has 4 N–H and O–H groups in total. The molecule has 1 aromatic heterocycles. The third-order valence-electron chi connectivity index (χ3n) is 3.42. The Balaban J connectivity index is 2.10. The van der Waals surface area contributed by atoms with Crippen LogP contribution in [0.25, 0.3) is 0 Å². The number of hydrogen-bond acceptors (Lipinski definition) is 6. The van der Waals surface area contributed by atoms with Crippen molar-refractivity contribution in [1.82, 2.24) is 9.97 Å². The summed E-state index contributed by atoms with van der Waals surface area (Å²) in [5, 5.41) is 22.0. The molecule has 1 aromatic rings. The maximum atomic E-state index is 9.84. The fraction of sp³-hybridized carbons (Fsp3) is 0.583. The minimum Gasteiger partial charge on any atom is -0.393 e. The van der Waals surface area contributed by atoms with E-state index in [0.717, 1.165) is 12.8 Å². The van der Waals surface area contributed by atoms with E-state index in [2.05, 4.69) is 15.3 Å². The van der Waals surface area contributed by atoms with Gasteiger partial charge in [0.2, 0.25) is 5.95 Å². The lowest BCUT2D eigenvalue weighted by molar-refractivity contribution is 0.0739. The fourth-order valence-electron chi connectivity index (χ4n) is 2.21. The van der Waals surface area contributed by atoms with Gasteiger partial charge in [-0.05, 0) is 25.2 Å². The summed E-state index contributed by atoms with van der Waals surface area (Å²) < 4.78 is 0. The van der Waals surface area contributed by atoms with E-state index in [1.165, 1.54) is 6.20 Å².